The maximum atomic E-state index is 13.1. The Balaban J connectivity index is 2.25. The lowest BCUT2D eigenvalue weighted by atomic mass is 10.00. The molecule has 2 aliphatic rings. The Kier molecular flexibility index (Phi) is 2.21. The van der Waals surface area contributed by atoms with Gasteiger partial charge < -0.3 is 5.11 Å². The van der Waals surface area contributed by atoms with E-state index in [4.69, 9.17) is 5.11 Å². The Morgan fingerprint density at radius 3 is 2.20 bits per heavy atom. The highest BCUT2D eigenvalue weighted by atomic mass is 19.1. The maximum Gasteiger partial charge on any atom is 0.360 e. The summed E-state index contributed by atoms with van der Waals surface area (Å²) in [5.74, 6) is -4.11. The second-order valence-electron chi connectivity index (χ2n) is 3.86. The fourth-order valence-electron chi connectivity index (χ4n) is 2.35. The van der Waals surface area contributed by atoms with Gasteiger partial charge in [-0.05, 0) is 12.8 Å². The lowest BCUT2D eigenvalue weighted by Gasteiger charge is -2.16. The number of hydrogen-bond donors (Lipinski definition) is 1. The van der Waals surface area contributed by atoms with Crippen molar-refractivity contribution >= 4 is 17.8 Å². The average molecular weight is 215 g/mol. The molecule has 1 heterocycles. The molecule has 15 heavy (non-hydrogen) atoms. The van der Waals surface area contributed by atoms with Crippen LogP contribution in [0.15, 0.2) is 0 Å². The number of alkyl halides is 1. The first-order valence-electron chi connectivity index (χ1n) is 4.78. The molecule has 0 aromatic rings. The van der Waals surface area contributed by atoms with Crippen LogP contribution < -0.4 is 0 Å². The van der Waals surface area contributed by atoms with Crippen LogP contribution in [0.4, 0.5) is 4.39 Å². The van der Waals surface area contributed by atoms with Crippen LogP contribution in [0.5, 0.6) is 0 Å². The zero-order valence-corrected chi connectivity index (χ0v) is 7.85. The van der Waals surface area contributed by atoms with Crippen molar-refractivity contribution in [3.8, 4) is 0 Å². The van der Waals surface area contributed by atoms with E-state index in [9.17, 15) is 18.8 Å². The fraction of sp³-hybridized carbons (Fsp3) is 0.667. The van der Waals surface area contributed by atoms with Crippen LogP contribution in [0.1, 0.15) is 19.3 Å². The third-order valence-electron chi connectivity index (χ3n) is 3.06. The van der Waals surface area contributed by atoms with Gasteiger partial charge in [-0.15, -0.1) is 0 Å². The van der Waals surface area contributed by atoms with Crippen LogP contribution in [-0.2, 0) is 14.4 Å². The largest absolute Gasteiger partial charge is 0.478 e. The Bertz CT molecular complexity index is 321. The van der Waals surface area contributed by atoms with E-state index in [-0.39, 0.29) is 4.90 Å². The van der Waals surface area contributed by atoms with Crippen molar-refractivity contribution in [1.82, 2.24) is 4.90 Å². The van der Waals surface area contributed by atoms with Gasteiger partial charge in [0.25, 0.3) is 6.30 Å². The van der Waals surface area contributed by atoms with E-state index in [0.717, 1.165) is 6.42 Å². The SMILES string of the molecule is O=C(O)C(F)N1C(=O)C2CCCC2C1=O. The van der Waals surface area contributed by atoms with Gasteiger partial charge in [0.1, 0.15) is 0 Å². The number of amides is 2. The molecule has 6 heteroatoms. The molecule has 1 N–H and O–H groups in total. The smallest absolute Gasteiger partial charge is 0.360 e. The van der Waals surface area contributed by atoms with Crippen molar-refractivity contribution in [3.05, 3.63) is 0 Å². The van der Waals surface area contributed by atoms with E-state index in [1.807, 2.05) is 0 Å². The van der Waals surface area contributed by atoms with Gasteiger partial charge >= 0.3 is 5.97 Å². The molecule has 2 amide bonds. The van der Waals surface area contributed by atoms with E-state index in [2.05, 4.69) is 0 Å². The van der Waals surface area contributed by atoms with Gasteiger partial charge in [0.15, 0.2) is 0 Å². The number of hydrogen-bond acceptors (Lipinski definition) is 3. The number of fused-ring (bicyclic) bond motifs is 1. The van der Waals surface area contributed by atoms with Gasteiger partial charge in [-0.1, -0.05) is 6.42 Å². The predicted octanol–water partition coefficient (Wildman–Crippen LogP) is 0.152. The molecule has 0 aromatic carbocycles. The molecular weight excluding hydrogens is 205 g/mol. The van der Waals surface area contributed by atoms with Gasteiger partial charge in [-0.25, -0.2) is 14.1 Å². The number of aliphatic carboxylic acids is 1. The number of likely N-dealkylation sites (tertiary alicyclic amines) is 1. The van der Waals surface area contributed by atoms with Gasteiger partial charge in [0, 0.05) is 0 Å². The molecule has 1 saturated carbocycles. The lowest BCUT2D eigenvalue weighted by molar-refractivity contribution is -0.162. The summed E-state index contributed by atoms with van der Waals surface area (Å²) < 4.78 is 13.1. The van der Waals surface area contributed by atoms with Crippen LogP contribution in [0.25, 0.3) is 0 Å². The van der Waals surface area contributed by atoms with E-state index >= 15 is 0 Å². The molecule has 0 spiro atoms. The van der Waals surface area contributed by atoms with Gasteiger partial charge in [0.05, 0.1) is 11.8 Å². The minimum absolute atomic E-state index is 0.261. The predicted molar refractivity (Wildman–Crippen MR) is 45.2 cm³/mol. The zero-order valence-electron chi connectivity index (χ0n) is 7.85. The standard InChI is InChI=1S/C9H10FNO4/c10-6(9(14)15)11-7(12)4-2-1-3-5(4)8(11)13/h4-6H,1-3H2,(H,14,15). The zero-order chi connectivity index (χ0) is 11.2. The molecule has 3 unspecified atom stereocenters. The number of nitrogens with zero attached hydrogens (tertiary/aromatic N) is 1. The number of carboxylic acids is 1. The Morgan fingerprint density at radius 2 is 1.80 bits per heavy atom. The molecule has 1 aliphatic carbocycles. The van der Waals surface area contributed by atoms with Crippen molar-refractivity contribution in [1.29, 1.82) is 0 Å². The highest BCUT2D eigenvalue weighted by molar-refractivity contribution is 6.07. The van der Waals surface area contributed by atoms with E-state index in [0.29, 0.717) is 12.8 Å². The summed E-state index contributed by atoms with van der Waals surface area (Å²) in [6.07, 6.45) is -0.656. The molecule has 0 aromatic heterocycles. The van der Waals surface area contributed by atoms with Crippen molar-refractivity contribution in [2.75, 3.05) is 0 Å². The average Bonchev–Trinajstić information content (AvgIpc) is 2.71. The first kappa shape index (κ1) is 10.1. The lowest BCUT2D eigenvalue weighted by Crippen LogP contribution is -2.43. The summed E-state index contributed by atoms with van der Waals surface area (Å²) in [5.41, 5.74) is 0. The molecule has 2 rings (SSSR count). The Morgan fingerprint density at radius 1 is 1.33 bits per heavy atom. The normalized spacial score (nSPS) is 31.9. The number of halogens is 1. The fourth-order valence-corrected chi connectivity index (χ4v) is 2.35. The number of carbonyl (C=O) groups excluding carboxylic acids is 2. The Labute approximate surface area is 84.9 Å². The molecular formula is C9H10FNO4. The van der Waals surface area contributed by atoms with Crippen molar-refractivity contribution in [3.63, 3.8) is 0 Å². The third kappa shape index (κ3) is 1.32. The Hall–Kier alpha value is -1.46. The minimum Gasteiger partial charge on any atom is -0.478 e. The van der Waals surface area contributed by atoms with Crippen LogP contribution in [0.3, 0.4) is 0 Å². The summed E-state index contributed by atoms with van der Waals surface area (Å²) in [4.78, 5) is 33.7. The highest BCUT2D eigenvalue weighted by Crippen LogP contribution is 2.40. The van der Waals surface area contributed by atoms with Crippen LogP contribution in [0, 0.1) is 11.8 Å². The second-order valence-corrected chi connectivity index (χ2v) is 3.86. The molecule has 0 radical (unpaired) electrons. The van der Waals surface area contributed by atoms with Crippen molar-refractivity contribution < 1.29 is 23.9 Å². The molecule has 1 aliphatic heterocycles. The quantitative estimate of drug-likeness (QED) is 0.525. The van der Waals surface area contributed by atoms with Crippen LogP contribution in [0.2, 0.25) is 0 Å². The van der Waals surface area contributed by atoms with Crippen LogP contribution >= 0.6 is 0 Å². The minimum atomic E-state index is -2.53. The number of rotatable bonds is 2. The second kappa shape index (κ2) is 3.29. The van der Waals surface area contributed by atoms with Crippen molar-refractivity contribution in [2.45, 2.75) is 25.6 Å². The third-order valence-corrected chi connectivity index (χ3v) is 3.06. The maximum absolute atomic E-state index is 13.1. The molecule has 3 atom stereocenters. The molecule has 0 bridgehead atoms. The monoisotopic (exact) mass is 215 g/mol. The molecule has 5 nitrogen and oxygen atoms in total. The summed E-state index contributed by atoms with van der Waals surface area (Å²) in [6.45, 7) is 0. The van der Waals surface area contributed by atoms with E-state index in [1.54, 1.807) is 0 Å². The summed E-state index contributed by atoms with van der Waals surface area (Å²) >= 11 is 0. The topological polar surface area (TPSA) is 74.7 Å². The van der Waals surface area contributed by atoms with E-state index in [1.165, 1.54) is 0 Å². The summed E-state index contributed by atoms with van der Waals surface area (Å²) in [7, 11) is 0. The van der Waals surface area contributed by atoms with Crippen molar-refractivity contribution in [2.24, 2.45) is 11.8 Å². The number of carboxylic acid groups (broad SMARTS) is 1. The molecule has 2 fully saturated rings. The summed E-state index contributed by atoms with van der Waals surface area (Å²) in [5, 5.41) is 8.42. The highest BCUT2D eigenvalue weighted by Gasteiger charge is 2.53. The van der Waals surface area contributed by atoms with Gasteiger partial charge in [0.2, 0.25) is 11.8 Å². The van der Waals surface area contributed by atoms with E-state index < -0.39 is 35.9 Å². The summed E-state index contributed by atoms with van der Waals surface area (Å²) in [6, 6.07) is 0. The number of carbonyl (C=O) groups is 3. The van der Waals surface area contributed by atoms with Gasteiger partial charge in [-0.3, -0.25) is 9.59 Å². The molecule has 82 valence electrons. The van der Waals surface area contributed by atoms with Gasteiger partial charge in [-0.2, -0.15) is 0 Å². The van der Waals surface area contributed by atoms with Crippen LogP contribution in [-0.4, -0.2) is 34.1 Å². The first-order valence-corrected chi connectivity index (χ1v) is 4.78. The first-order chi connectivity index (χ1) is 7.04. The number of imide groups is 1. The molecule has 1 saturated heterocycles.